The van der Waals surface area contributed by atoms with E-state index in [0.717, 1.165) is 11.1 Å². The molecular weight excluding hydrogens is 392 g/mol. The summed E-state index contributed by atoms with van der Waals surface area (Å²) < 4.78 is 5.70. The number of ether oxygens (including phenoxy) is 1. The van der Waals surface area contributed by atoms with Crippen molar-refractivity contribution in [2.75, 3.05) is 0 Å². The van der Waals surface area contributed by atoms with Gasteiger partial charge in [0.25, 0.3) is 5.91 Å². The highest BCUT2D eigenvalue weighted by molar-refractivity contribution is 6.01. The first kappa shape index (κ1) is 21.3. The zero-order valence-electron chi connectivity index (χ0n) is 16.6. The van der Waals surface area contributed by atoms with E-state index in [1.807, 2.05) is 36.4 Å². The van der Waals surface area contributed by atoms with E-state index in [9.17, 15) is 14.9 Å². The Hall–Kier alpha value is -4.37. The van der Waals surface area contributed by atoms with Gasteiger partial charge >= 0.3 is 5.97 Å². The minimum atomic E-state index is -0.971. The number of hydrogen-bond donors (Lipinski definition) is 2. The van der Waals surface area contributed by atoms with Crippen LogP contribution in [0.1, 0.15) is 27.0 Å². The average molecular weight is 412 g/mol. The number of carbonyl (C=O) groups excluding carboxylic acids is 1. The summed E-state index contributed by atoms with van der Waals surface area (Å²) in [5.74, 6) is -0.787. The van der Waals surface area contributed by atoms with Crippen molar-refractivity contribution in [3.63, 3.8) is 0 Å². The molecule has 0 saturated heterocycles. The summed E-state index contributed by atoms with van der Waals surface area (Å²) in [6, 6.07) is 24.9. The van der Waals surface area contributed by atoms with Gasteiger partial charge in [-0.25, -0.2) is 4.79 Å². The molecule has 0 fully saturated rings. The highest BCUT2D eigenvalue weighted by Gasteiger charge is 2.09. The van der Waals surface area contributed by atoms with E-state index in [4.69, 9.17) is 9.84 Å². The Morgan fingerprint density at radius 1 is 0.935 bits per heavy atom. The van der Waals surface area contributed by atoms with Crippen molar-refractivity contribution in [3.05, 3.63) is 107 Å². The van der Waals surface area contributed by atoms with Gasteiger partial charge in [0.2, 0.25) is 0 Å². The van der Waals surface area contributed by atoms with Gasteiger partial charge in [-0.1, -0.05) is 54.6 Å². The van der Waals surface area contributed by atoms with E-state index < -0.39 is 11.9 Å². The number of carbonyl (C=O) groups is 2. The number of hydrogen-bond acceptors (Lipinski definition) is 4. The van der Waals surface area contributed by atoms with E-state index in [1.54, 1.807) is 36.4 Å². The Balaban J connectivity index is 1.57. The quantitative estimate of drug-likeness (QED) is 0.427. The second-order valence-electron chi connectivity index (χ2n) is 6.70. The summed E-state index contributed by atoms with van der Waals surface area (Å²) in [5.41, 5.74) is 2.73. The maximum absolute atomic E-state index is 12.3. The van der Waals surface area contributed by atoms with Gasteiger partial charge in [0.05, 0.1) is 5.56 Å². The van der Waals surface area contributed by atoms with E-state index in [1.165, 1.54) is 18.2 Å². The van der Waals surface area contributed by atoms with Crippen LogP contribution in [-0.4, -0.2) is 17.0 Å². The Bertz CT molecular complexity index is 1110. The molecule has 1 amide bonds. The standard InChI is InChI=1S/C25H20N2O4/c26-15-22(24(28)27-16-19-4-2-1-3-5-19)14-18-8-12-23(13-9-18)31-17-20-6-10-21(11-7-20)25(29)30/h1-14H,16-17H2,(H,27,28)(H,29,30). The van der Waals surface area contributed by atoms with Crippen LogP contribution < -0.4 is 10.1 Å². The predicted molar refractivity (Wildman–Crippen MR) is 116 cm³/mol. The molecule has 0 heterocycles. The Morgan fingerprint density at radius 2 is 1.61 bits per heavy atom. The number of nitrogens with zero attached hydrogens (tertiary/aromatic N) is 1. The van der Waals surface area contributed by atoms with Crippen molar-refractivity contribution >= 4 is 18.0 Å². The minimum Gasteiger partial charge on any atom is -0.489 e. The molecule has 0 aliphatic heterocycles. The number of carboxylic acids is 1. The zero-order valence-corrected chi connectivity index (χ0v) is 16.6. The predicted octanol–water partition coefficient (Wildman–Crippen LogP) is 4.19. The molecule has 6 nitrogen and oxygen atoms in total. The molecule has 0 aliphatic rings. The Morgan fingerprint density at radius 3 is 2.23 bits per heavy atom. The van der Waals surface area contributed by atoms with Crippen LogP contribution in [0.25, 0.3) is 6.08 Å². The molecule has 0 bridgehead atoms. The second-order valence-corrected chi connectivity index (χ2v) is 6.70. The first-order valence-corrected chi connectivity index (χ1v) is 9.54. The highest BCUT2D eigenvalue weighted by Crippen LogP contribution is 2.17. The van der Waals surface area contributed by atoms with Crippen molar-refractivity contribution in [1.82, 2.24) is 5.32 Å². The molecule has 3 aromatic rings. The first-order valence-electron chi connectivity index (χ1n) is 9.54. The molecule has 3 aromatic carbocycles. The fourth-order valence-electron chi connectivity index (χ4n) is 2.76. The summed E-state index contributed by atoms with van der Waals surface area (Å²) in [6.07, 6.45) is 1.52. The molecular formula is C25H20N2O4. The molecule has 6 heteroatoms. The molecule has 154 valence electrons. The summed E-state index contributed by atoms with van der Waals surface area (Å²) in [5, 5.41) is 21.0. The Kier molecular flexibility index (Phi) is 7.17. The number of benzene rings is 3. The Labute approximate surface area is 180 Å². The number of amides is 1. The highest BCUT2D eigenvalue weighted by atomic mass is 16.5. The zero-order chi connectivity index (χ0) is 22.1. The third-order valence-corrected chi connectivity index (χ3v) is 4.46. The van der Waals surface area contributed by atoms with Crippen molar-refractivity contribution in [2.24, 2.45) is 0 Å². The fourth-order valence-corrected chi connectivity index (χ4v) is 2.76. The normalized spacial score (nSPS) is 10.7. The molecule has 31 heavy (non-hydrogen) atoms. The molecule has 0 radical (unpaired) electrons. The number of carboxylic acid groups (broad SMARTS) is 1. The van der Waals surface area contributed by atoms with Crippen LogP contribution >= 0.6 is 0 Å². The second kappa shape index (κ2) is 10.4. The summed E-state index contributed by atoms with van der Waals surface area (Å²) in [4.78, 5) is 23.2. The topological polar surface area (TPSA) is 99.4 Å². The number of aromatic carboxylic acids is 1. The van der Waals surface area contributed by atoms with Gasteiger partial charge < -0.3 is 15.2 Å². The summed E-state index contributed by atoms with van der Waals surface area (Å²) in [6.45, 7) is 0.638. The van der Waals surface area contributed by atoms with Crippen LogP contribution in [0.2, 0.25) is 0 Å². The average Bonchev–Trinajstić information content (AvgIpc) is 2.81. The van der Waals surface area contributed by atoms with Crippen molar-refractivity contribution in [3.8, 4) is 11.8 Å². The van der Waals surface area contributed by atoms with Gasteiger partial charge in [-0.15, -0.1) is 0 Å². The third-order valence-electron chi connectivity index (χ3n) is 4.46. The number of nitriles is 1. The van der Waals surface area contributed by atoms with Crippen LogP contribution in [-0.2, 0) is 17.9 Å². The number of rotatable bonds is 8. The van der Waals surface area contributed by atoms with Gasteiger partial charge in [0.1, 0.15) is 24.0 Å². The monoisotopic (exact) mass is 412 g/mol. The first-order chi connectivity index (χ1) is 15.0. The molecule has 2 N–H and O–H groups in total. The third kappa shape index (κ3) is 6.31. The lowest BCUT2D eigenvalue weighted by molar-refractivity contribution is -0.117. The molecule has 0 aliphatic carbocycles. The lowest BCUT2D eigenvalue weighted by Crippen LogP contribution is -2.23. The van der Waals surface area contributed by atoms with Crippen LogP contribution in [0.4, 0.5) is 0 Å². The lowest BCUT2D eigenvalue weighted by atomic mass is 10.1. The van der Waals surface area contributed by atoms with Crippen molar-refractivity contribution in [1.29, 1.82) is 5.26 Å². The van der Waals surface area contributed by atoms with Gasteiger partial charge in [0.15, 0.2) is 0 Å². The van der Waals surface area contributed by atoms with E-state index in [-0.39, 0.29) is 11.1 Å². The summed E-state index contributed by atoms with van der Waals surface area (Å²) in [7, 11) is 0. The van der Waals surface area contributed by atoms with Gasteiger partial charge in [0, 0.05) is 6.54 Å². The van der Waals surface area contributed by atoms with Crippen molar-refractivity contribution < 1.29 is 19.4 Å². The SMILES string of the molecule is N#CC(=Cc1ccc(OCc2ccc(C(=O)O)cc2)cc1)C(=O)NCc1ccccc1. The molecule has 3 rings (SSSR count). The molecule has 0 atom stereocenters. The largest absolute Gasteiger partial charge is 0.489 e. The van der Waals surface area contributed by atoms with Crippen molar-refractivity contribution in [2.45, 2.75) is 13.2 Å². The smallest absolute Gasteiger partial charge is 0.335 e. The molecule has 0 saturated carbocycles. The van der Waals surface area contributed by atoms with Crippen LogP contribution in [0, 0.1) is 11.3 Å². The maximum atomic E-state index is 12.3. The van der Waals surface area contributed by atoms with E-state index >= 15 is 0 Å². The molecule has 0 unspecified atom stereocenters. The maximum Gasteiger partial charge on any atom is 0.335 e. The van der Waals surface area contributed by atoms with E-state index in [2.05, 4.69) is 5.32 Å². The van der Waals surface area contributed by atoms with Gasteiger partial charge in [-0.3, -0.25) is 4.79 Å². The minimum absolute atomic E-state index is 0.0168. The number of nitrogens with one attached hydrogen (secondary N) is 1. The lowest BCUT2D eigenvalue weighted by Gasteiger charge is -2.07. The van der Waals surface area contributed by atoms with Gasteiger partial charge in [-0.05, 0) is 47.0 Å². The van der Waals surface area contributed by atoms with E-state index in [0.29, 0.717) is 24.5 Å². The molecule has 0 spiro atoms. The van der Waals surface area contributed by atoms with Crippen LogP contribution in [0.15, 0.2) is 84.4 Å². The van der Waals surface area contributed by atoms with Gasteiger partial charge in [-0.2, -0.15) is 5.26 Å². The van der Waals surface area contributed by atoms with Crippen LogP contribution in [0.5, 0.6) is 5.75 Å². The van der Waals surface area contributed by atoms with Crippen LogP contribution in [0.3, 0.4) is 0 Å². The summed E-state index contributed by atoms with van der Waals surface area (Å²) >= 11 is 0. The molecule has 0 aromatic heterocycles. The fraction of sp³-hybridized carbons (Fsp3) is 0.0800.